The predicted octanol–water partition coefficient (Wildman–Crippen LogP) is 4.75. The van der Waals surface area contributed by atoms with E-state index in [2.05, 4.69) is 11.0 Å². The lowest BCUT2D eigenvalue weighted by Gasteiger charge is -2.17. The summed E-state index contributed by atoms with van der Waals surface area (Å²) in [6.07, 6.45) is 2.53. The number of hydrogen-bond donors (Lipinski definition) is 0. The molecule has 0 bridgehead atoms. The second kappa shape index (κ2) is 7.77. The summed E-state index contributed by atoms with van der Waals surface area (Å²) >= 11 is 6.56. The zero-order chi connectivity index (χ0) is 16.9. The first-order valence-corrected chi connectivity index (χ1v) is 8.48. The van der Waals surface area contributed by atoms with Gasteiger partial charge in [0.15, 0.2) is 11.5 Å². The van der Waals surface area contributed by atoms with Gasteiger partial charge in [-0.2, -0.15) is 0 Å². The van der Waals surface area contributed by atoms with Gasteiger partial charge in [-0.1, -0.05) is 23.7 Å². The van der Waals surface area contributed by atoms with Crippen LogP contribution in [0.15, 0.2) is 36.4 Å². The van der Waals surface area contributed by atoms with Gasteiger partial charge in [0.1, 0.15) is 11.5 Å². The second-order valence-electron chi connectivity index (χ2n) is 5.83. The number of nitrogens with zero attached hydrogens (tertiary/aromatic N) is 1. The summed E-state index contributed by atoms with van der Waals surface area (Å²) in [6.45, 7) is 3.14. The Bertz CT molecular complexity index is 699. The molecule has 0 N–H and O–H groups in total. The number of rotatable bonds is 6. The van der Waals surface area contributed by atoms with Crippen molar-refractivity contribution in [1.82, 2.24) is 4.90 Å². The molecule has 1 fully saturated rings. The van der Waals surface area contributed by atoms with Crippen molar-refractivity contribution >= 4 is 11.6 Å². The van der Waals surface area contributed by atoms with E-state index >= 15 is 0 Å². The summed E-state index contributed by atoms with van der Waals surface area (Å²) in [5.41, 5.74) is 1.09. The van der Waals surface area contributed by atoms with Gasteiger partial charge >= 0.3 is 0 Å². The van der Waals surface area contributed by atoms with Crippen molar-refractivity contribution in [3.63, 3.8) is 0 Å². The minimum atomic E-state index is 0.624. The molecule has 0 unspecified atom stereocenters. The summed E-state index contributed by atoms with van der Waals surface area (Å²) in [6, 6.07) is 11.4. The van der Waals surface area contributed by atoms with Crippen molar-refractivity contribution in [3.8, 4) is 23.0 Å². The van der Waals surface area contributed by atoms with E-state index in [9.17, 15) is 0 Å². The minimum Gasteiger partial charge on any atom is -0.493 e. The van der Waals surface area contributed by atoms with Gasteiger partial charge in [-0.25, -0.2) is 0 Å². The second-order valence-corrected chi connectivity index (χ2v) is 6.21. The first-order valence-electron chi connectivity index (χ1n) is 8.11. The van der Waals surface area contributed by atoms with E-state index < -0.39 is 0 Å². The third-order valence-electron chi connectivity index (χ3n) is 4.22. The smallest absolute Gasteiger partial charge is 0.164 e. The molecule has 1 heterocycles. The summed E-state index contributed by atoms with van der Waals surface area (Å²) in [4.78, 5) is 2.42. The zero-order valence-electron chi connectivity index (χ0n) is 14.0. The van der Waals surface area contributed by atoms with Gasteiger partial charge in [0.2, 0.25) is 0 Å². The summed E-state index contributed by atoms with van der Waals surface area (Å²) in [7, 11) is 3.21. The highest BCUT2D eigenvalue weighted by molar-refractivity contribution is 6.32. The van der Waals surface area contributed by atoms with Crippen LogP contribution < -0.4 is 14.2 Å². The Morgan fingerprint density at radius 2 is 1.71 bits per heavy atom. The van der Waals surface area contributed by atoms with E-state index in [-0.39, 0.29) is 0 Å². The van der Waals surface area contributed by atoms with E-state index in [1.54, 1.807) is 20.3 Å². The molecule has 2 aromatic carbocycles. The minimum absolute atomic E-state index is 0.624. The highest BCUT2D eigenvalue weighted by Gasteiger charge is 2.16. The lowest BCUT2D eigenvalue weighted by molar-refractivity contribution is 0.331. The molecule has 0 spiro atoms. The van der Waals surface area contributed by atoms with E-state index in [0.29, 0.717) is 28.0 Å². The van der Waals surface area contributed by atoms with Crippen molar-refractivity contribution < 1.29 is 14.2 Å². The summed E-state index contributed by atoms with van der Waals surface area (Å²) in [5.74, 6) is 2.60. The lowest BCUT2D eigenvalue weighted by Crippen LogP contribution is -2.18. The molecule has 0 atom stereocenters. The van der Waals surface area contributed by atoms with Crippen LogP contribution >= 0.6 is 11.6 Å². The molecule has 5 heteroatoms. The fourth-order valence-electron chi connectivity index (χ4n) is 2.95. The molecule has 0 amide bonds. The maximum absolute atomic E-state index is 6.56. The number of benzene rings is 2. The van der Waals surface area contributed by atoms with Crippen LogP contribution in [0.5, 0.6) is 23.0 Å². The molecule has 1 aliphatic rings. The van der Waals surface area contributed by atoms with Gasteiger partial charge in [-0.05, 0) is 49.7 Å². The van der Waals surface area contributed by atoms with Gasteiger partial charge in [0, 0.05) is 12.6 Å². The van der Waals surface area contributed by atoms with Crippen LogP contribution in [0.1, 0.15) is 18.4 Å². The van der Waals surface area contributed by atoms with E-state index in [4.69, 9.17) is 25.8 Å². The average Bonchev–Trinajstić information content (AvgIpc) is 3.11. The predicted molar refractivity (Wildman–Crippen MR) is 95.6 cm³/mol. The number of halogens is 1. The highest BCUT2D eigenvalue weighted by Crippen LogP contribution is 2.36. The number of ether oxygens (including phenoxy) is 3. The number of methoxy groups -OCH3 is 2. The number of hydrogen-bond acceptors (Lipinski definition) is 4. The van der Waals surface area contributed by atoms with E-state index in [1.165, 1.54) is 12.8 Å². The zero-order valence-corrected chi connectivity index (χ0v) is 14.8. The maximum atomic E-state index is 6.56. The maximum Gasteiger partial charge on any atom is 0.164 e. The Morgan fingerprint density at radius 3 is 2.42 bits per heavy atom. The molecule has 128 valence electrons. The Morgan fingerprint density at radius 1 is 0.958 bits per heavy atom. The molecule has 24 heavy (non-hydrogen) atoms. The fourth-order valence-corrected chi connectivity index (χ4v) is 3.17. The van der Waals surface area contributed by atoms with Crippen molar-refractivity contribution in [3.05, 3.63) is 47.0 Å². The standard InChI is InChI=1S/C19H22ClNO3/c1-22-16-9-8-15(12-18(16)23-2)24-17-7-5-6-14(19(17)20)13-21-10-3-4-11-21/h5-9,12H,3-4,10-11,13H2,1-2H3. The quantitative estimate of drug-likeness (QED) is 0.754. The monoisotopic (exact) mass is 347 g/mol. The molecular weight excluding hydrogens is 326 g/mol. The normalized spacial score (nSPS) is 14.6. The topological polar surface area (TPSA) is 30.9 Å². The summed E-state index contributed by atoms with van der Waals surface area (Å²) in [5, 5.41) is 0.666. The Kier molecular flexibility index (Phi) is 5.48. The van der Waals surface area contributed by atoms with Gasteiger partial charge in [-0.15, -0.1) is 0 Å². The summed E-state index contributed by atoms with van der Waals surface area (Å²) < 4.78 is 16.5. The third kappa shape index (κ3) is 3.77. The SMILES string of the molecule is COc1ccc(Oc2cccc(CN3CCCC3)c2Cl)cc1OC. The molecule has 0 radical (unpaired) electrons. The van der Waals surface area contributed by atoms with Gasteiger partial charge in [0.25, 0.3) is 0 Å². The molecule has 0 saturated carbocycles. The molecule has 3 rings (SSSR count). The van der Waals surface area contributed by atoms with Gasteiger partial charge in [-0.3, -0.25) is 4.90 Å². The van der Waals surface area contributed by atoms with Crippen LogP contribution in [0.3, 0.4) is 0 Å². The molecular formula is C19H22ClNO3. The van der Waals surface area contributed by atoms with Crippen LogP contribution in [0.2, 0.25) is 5.02 Å². The number of likely N-dealkylation sites (tertiary alicyclic amines) is 1. The van der Waals surface area contributed by atoms with Crippen molar-refractivity contribution in [1.29, 1.82) is 0 Å². The molecule has 0 aliphatic carbocycles. The lowest BCUT2D eigenvalue weighted by atomic mass is 10.2. The Labute approximate surface area is 147 Å². The van der Waals surface area contributed by atoms with Crippen LogP contribution in [-0.4, -0.2) is 32.2 Å². The van der Waals surface area contributed by atoms with Crippen molar-refractivity contribution in [2.45, 2.75) is 19.4 Å². The first kappa shape index (κ1) is 16.9. The fraction of sp³-hybridized carbons (Fsp3) is 0.368. The highest BCUT2D eigenvalue weighted by atomic mass is 35.5. The molecule has 1 aliphatic heterocycles. The molecule has 1 saturated heterocycles. The van der Waals surface area contributed by atoms with Crippen LogP contribution in [0, 0.1) is 0 Å². The van der Waals surface area contributed by atoms with Crippen LogP contribution in [-0.2, 0) is 6.54 Å². The first-order chi connectivity index (χ1) is 11.7. The van der Waals surface area contributed by atoms with E-state index in [0.717, 1.165) is 25.2 Å². The van der Waals surface area contributed by atoms with Crippen LogP contribution in [0.4, 0.5) is 0 Å². The molecule has 2 aromatic rings. The Hall–Kier alpha value is -1.91. The van der Waals surface area contributed by atoms with Crippen molar-refractivity contribution in [2.75, 3.05) is 27.3 Å². The average molecular weight is 348 g/mol. The third-order valence-corrected chi connectivity index (χ3v) is 4.65. The Balaban J connectivity index is 1.79. The molecule has 0 aromatic heterocycles. The van der Waals surface area contributed by atoms with Gasteiger partial charge in [0.05, 0.1) is 19.2 Å². The molecule has 4 nitrogen and oxygen atoms in total. The van der Waals surface area contributed by atoms with Gasteiger partial charge < -0.3 is 14.2 Å². The largest absolute Gasteiger partial charge is 0.493 e. The van der Waals surface area contributed by atoms with Crippen molar-refractivity contribution in [2.24, 2.45) is 0 Å². The van der Waals surface area contributed by atoms with Crippen LogP contribution in [0.25, 0.3) is 0 Å². The van der Waals surface area contributed by atoms with E-state index in [1.807, 2.05) is 24.3 Å².